The number of benzene rings is 1. The van der Waals surface area contributed by atoms with Crippen LogP contribution < -0.4 is 10.1 Å². The molecule has 0 aliphatic carbocycles. The third-order valence-electron chi connectivity index (χ3n) is 5.57. The van der Waals surface area contributed by atoms with E-state index in [4.69, 9.17) is 21.4 Å². The van der Waals surface area contributed by atoms with Gasteiger partial charge in [-0.25, -0.2) is 0 Å². The van der Waals surface area contributed by atoms with Crippen molar-refractivity contribution in [3.05, 3.63) is 76.3 Å². The molecule has 10 heteroatoms. The zero-order valence-corrected chi connectivity index (χ0v) is 19.4. The van der Waals surface area contributed by atoms with E-state index in [1.54, 1.807) is 12.3 Å². The number of hydrogen-bond acceptors (Lipinski definition) is 7. The van der Waals surface area contributed by atoms with E-state index < -0.39 is 4.92 Å². The maximum atomic E-state index is 11.1. The average Bonchev–Trinajstić information content (AvgIpc) is 3.42. The second kappa shape index (κ2) is 9.55. The van der Waals surface area contributed by atoms with Crippen molar-refractivity contribution in [2.75, 3.05) is 34.3 Å². The first kappa shape index (κ1) is 22.7. The number of nitro benzene ring substituents is 1. The molecule has 33 heavy (non-hydrogen) atoms. The number of rotatable bonds is 8. The highest BCUT2D eigenvalue weighted by molar-refractivity contribution is 7.80. The van der Waals surface area contributed by atoms with Crippen molar-refractivity contribution in [3.63, 3.8) is 0 Å². The van der Waals surface area contributed by atoms with Crippen LogP contribution in [0.3, 0.4) is 0 Å². The van der Waals surface area contributed by atoms with Crippen molar-refractivity contribution in [1.82, 2.24) is 20.1 Å². The molecule has 0 unspecified atom stereocenters. The molecule has 2 atom stereocenters. The van der Waals surface area contributed by atoms with Crippen LogP contribution in [0.25, 0.3) is 11.3 Å². The second-order valence-electron chi connectivity index (χ2n) is 7.97. The fourth-order valence-corrected chi connectivity index (χ4v) is 4.25. The van der Waals surface area contributed by atoms with Gasteiger partial charge >= 0.3 is 0 Å². The minimum atomic E-state index is -0.453. The lowest BCUT2D eigenvalue weighted by atomic mass is 10.0. The lowest BCUT2D eigenvalue weighted by Gasteiger charge is -2.27. The lowest BCUT2D eigenvalue weighted by Crippen LogP contribution is -2.35. The van der Waals surface area contributed by atoms with Crippen LogP contribution in [0.2, 0.25) is 0 Å². The van der Waals surface area contributed by atoms with E-state index in [2.05, 4.69) is 20.1 Å². The maximum Gasteiger partial charge on any atom is 0.273 e. The van der Waals surface area contributed by atoms with Crippen LogP contribution in [0.1, 0.15) is 23.5 Å². The topological polar surface area (TPSA) is 96.9 Å². The molecule has 1 N–H and O–H groups in total. The Labute approximate surface area is 197 Å². The standard InChI is InChI=1S/C23H25N5O4S/c1-26(2)12-13-27-22(21(25-23(27)33)17-6-4-5-11-24-17)19-10-9-18(32-19)16-8-7-15(28(29)30)14-20(16)31-3/h4-11,14,21-22H,12-13H2,1-3H3,(H,25,33)/t21-,22-/m1/s1. The molecular weight excluding hydrogens is 442 g/mol. The Morgan fingerprint density at radius 3 is 2.76 bits per heavy atom. The zero-order valence-electron chi connectivity index (χ0n) is 18.6. The van der Waals surface area contributed by atoms with Gasteiger partial charge in [-0.15, -0.1) is 0 Å². The van der Waals surface area contributed by atoms with E-state index in [1.165, 1.54) is 19.2 Å². The molecule has 172 valence electrons. The first-order valence-electron chi connectivity index (χ1n) is 10.4. The van der Waals surface area contributed by atoms with E-state index in [1.807, 2.05) is 44.4 Å². The normalized spacial score (nSPS) is 17.9. The van der Waals surface area contributed by atoms with Crippen molar-refractivity contribution >= 4 is 23.0 Å². The van der Waals surface area contributed by atoms with Crippen molar-refractivity contribution in [2.24, 2.45) is 0 Å². The predicted molar refractivity (Wildman–Crippen MR) is 128 cm³/mol. The van der Waals surface area contributed by atoms with Gasteiger partial charge in [-0.05, 0) is 56.6 Å². The number of non-ortho nitro benzene ring substituents is 1. The van der Waals surface area contributed by atoms with Gasteiger partial charge < -0.3 is 24.3 Å². The van der Waals surface area contributed by atoms with Gasteiger partial charge in [0.2, 0.25) is 0 Å². The minimum absolute atomic E-state index is 0.0437. The first-order chi connectivity index (χ1) is 15.9. The maximum absolute atomic E-state index is 11.1. The van der Waals surface area contributed by atoms with E-state index in [0.29, 0.717) is 34.5 Å². The molecule has 0 spiro atoms. The smallest absolute Gasteiger partial charge is 0.273 e. The largest absolute Gasteiger partial charge is 0.496 e. The molecule has 1 aromatic carbocycles. The molecule has 1 saturated heterocycles. The van der Waals surface area contributed by atoms with Crippen LogP contribution in [0.4, 0.5) is 5.69 Å². The van der Waals surface area contributed by atoms with Crippen LogP contribution in [0, 0.1) is 10.1 Å². The Kier molecular flexibility index (Phi) is 6.57. The fourth-order valence-electron chi connectivity index (χ4n) is 3.92. The third kappa shape index (κ3) is 4.67. The predicted octanol–water partition coefficient (Wildman–Crippen LogP) is 3.79. The molecular formula is C23H25N5O4S. The molecule has 0 radical (unpaired) electrons. The monoisotopic (exact) mass is 467 g/mol. The molecule has 9 nitrogen and oxygen atoms in total. The summed E-state index contributed by atoms with van der Waals surface area (Å²) in [6, 6.07) is 13.6. The molecule has 0 amide bonds. The van der Waals surface area contributed by atoms with Crippen molar-refractivity contribution in [1.29, 1.82) is 0 Å². The minimum Gasteiger partial charge on any atom is -0.496 e. The number of aromatic nitrogens is 1. The number of nitrogens with zero attached hydrogens (tertiary/aromatic N) is 4. The summed E-state index contributed by atoms with van der Waals surface area (Å²) in [5, 5.41) is 15.2. The number of ether oxygens (including phenoxy) is 1. The number of furan rings is 1. The number of pyridine rings is 1. The van der Waals surface area contributed by atoms with Gasteiger partial charge in [0.1, 0.15) is 23.3 Å². The quantitative estimate of drug-likeness (QED) is 0.301. The highest BCUT2D eigenvalue weighted by atomic mass is 32.1. The van der Waals surface area contributed by atoms with Crippen LogP contribution >= 0.6 is 12.2 Å². The summed E-state index contributed by atoms with van der Waals surface area (Å²) in [6.45, 7) is 1.53. The number of nitro groups is 1. The van der Waals surface area contributed by atoms with Crippen LogP contribution in [0.5, 0.6) is 5.75 Å². The molecule has 1 aliphatic heterocycles. The van der Waals surface area contributed by atoms with Crippen LogP contribution in [0.15, 0.2) is 59.1 Å². The number of thiocarbonyl (C=S) groups is 1. The van der Waals surface area contributed by atoms with Crippen LogP contribution in [-0.2, 0) is 0 Å². The molecule has 2 aromatic heterocycles. The highest BCUT2D eigenvalue weighted by Gasteiger charge is 2.41. The number of hydrogen-bond donors (Lipinski definition) is 1. The Balaban J connectivity index is 1.72. The average molecular weight is 468 g/mol. The van der Waals surface area contributed by atoms with Crippen molar-refractivity contribution in [3.8, 4) is 17.1 Å². The van der Waals surface area contributed by atoms with Gasteiger partial charge in [-0.3, -0.25) is 15.1 Å². The Morgan fingerprint density at radius 2 is 2.09 bits per heavy atom. The third-order valence-corrected chi connectivity index (χ3v) is 5.92. The lowest BCUT2D eigenvalue weighted by molar-refractivity contribution is -0.384. The molecule has 0 saturated carbocycles. The first-order valence-corrected chi connectivity index (χ1v) is 10.8. The van der Waals surface area contributed by atoms with E-state index in [0.717, 1.165) is 12.2 Å². The van der Waals surface area contributed by atoms with Gasteiger partial charge in [0.15, 0.2) is 5.11 Å². The van der Waals surface area contributed by atoms with Crippen molar-refractivity contribution < 1.29 is 14.1 Å². The van der Waals surface area contributed by atoms with Gasteiger partial charge in [-0.1, -0.05) is 6.07 Å². The Bertz CT molecular complexity index is 1150. The van der Waals surface area contributed by atoms with Gasteiger partial charge in [0.05, 0.1) is 35.4 Å². The SMILES string of the molecule is COc1cc([N+](=O)[O-])ccc1-c1ccc([C@@H]2[C@@H](c3ccccn3)NC(=S)N2CCN(C)C)o1. The van der Waals surface area contributed by atoms with E-state index >= 15 is 0 Å². The second-order valence-corrected chi connectivity index (χ2v) is 8.35. The fraction of sp³-hybridized carbons (Fsp3) is 0.304. The summed E-state index contributed by atoms with van der Waals surface area (Å²) in [5.74, 6) is 1.64. The molecule has 3 heterocycles. The van der Waals surface area contributed by atoms with E-state index in [-0.39, 0.29) is 17.8 Å². The summed E-state index contributed by atoms with van der Waals surface area (Å²) in [7, 11) is 5.51. The van der Waals surface area contributed by atoms with Crippen LogP contribution in [-0.4, -0.2) is 59.1 Å². The summed E-state index contributed by atoms with van der Waals surface area (Å²) < 4.78 is 11.7. The molecule has 3 aromatic rings. The van der Waals surface area contributed by atoms with E-state index in [9.17, 15) is 10.1 Å². The highest BCUT2D eigenvalue weighted by Crippen LogP contribution is 2.41. The summed E-state index contributed by atoms with van der Waals surface area (Å²) >= 11 is 5.67. The van der Waals surface area contributed by atoms with Gasteiger partial charge in [-0.2, -0.15) is 0 Å². The zero-order chi connectivity index (χ0) is 23.5. The number of nitrogens with one attached hydrogen (secondary N) is 1. The molecule has 4 rings (SSSR count). The van der Waals surface area contributed by atoms with Crippen molar-refractivity contribution in [2.45, 2.75) is 12.1 Å². The molecule has 1 fully saturated rings. The summed E-state index contributed by atoms with van der Waals surface area (Å²) in [6.07, 6.45) is 1.76. The van der Waals surface area contributed by atoms with Gasteiger partial charge in [0.25, 0.3) is 5.69 Å². The number of likely N-dealkylation sites (N-methyl/N-ethyl adjacent to an activating group) is 1. The Morgan fingerprint density at radius 1 is 1.27 bits per heavy atom. The molecule has 0 bridgehead atoms. The van der Waals surface area contributed by atoms with Gasteiger partial charge in [0, 0.05) is 25.4 Å². The summed E-state index contributed by atoms with van der Waals surface area (Å²) in [5.41, 5.74) is 1.46. The number of methoxy groups -OCH3 is 1. The summed E-state index contributed by atoms with van der Waals surface area (Å²) in [4.78, 5) is 19.4. The Hall–Kier alpha value is -3.50. The molecule has 1 aliphatic rings.